The molecule has 2 atom stereocenters. The molecule has 2 aromatic rings. The molecule has 8 N–H and O–H groups in total. The summed E-state index contributed by atoms with van der Waals surface area (Å²) in [5.74, 6) is -8.65. The Labute approximate surface area is 175 Å². The first-order valence-electron chi connectivity index (χ1n) is 8.52. The summed E-state index contributed by atoms with van der Waals surface area (Å²) in [7, 11) is 0. The summed E-state index contributed by atoms with van der Waals surface area (Å²) in [5, 5.41) is 67.9. The number of rotatable bonds is 3. The number of alkyl halides is 3. The van der Waals surface area contributed by atoms with Gasteiger partial charge in [0.15, 0.2) is 12.3 Å². The van der Waals surface area contributed by atoms with Crippen LogP contribution in [0, 0.1) is 11.8 Å². The Bertz CT molecular complexity index is 1040. The van der Waals surface area contributed by atoms with Crippen LogP contribution in [0.5, 0.6) is 0 Å². The molecule has 0 radical (unpaired) electrons. The fraction of sp³-hybridized carbons (Fsp3) is 0.353. The van der Waals surface area contributed by atoms with E-state index >= 15 is 0 Å². The molecule has 15 heteroatoms. The van der Waals surface area contributed by atoms with Crippen LogP contribution in [0.25, 0.3) is 0 Å². The molecule has 1 aromatic heterocycles. The molecule has 32 heavy (non-hydrogen) atoms. The van der Waals surface area contributed by atoms with Gasteiger partial charge in [-0.2, -0.15) is 18.3 Å². The lowest BCUT2D eigenvalue weighted by Crippen LogP contribution is -2.65. The van der Waals surface area contributed by atoms with E-state index in [9.17, 15) is 48.6 Å². The molecule has 1 aromatic carbocycles. The molecular formula is C17H15F3N4O8. The third kappa shape index (κ3) is 4.28. The number of H-pyrrole nitrogens is 1. The number of ether oxygens (including phenoxy) is 1. The maximum atomic E-state index is 12.6. The second-order valence-corrected chi connectivity index (χ2v) is 6.71. The van der Waals surface area contributed by atoms with Gasteiger partial charge in [0.1, 0.15) is 6.33 Å². The first-order valence-corrected chi connectivity index (χ1v) is 8.52. The van der Waals surface area contributed by atoms with E-state index in [0.717, 1.165) is 18.5 Å². The monoisotopic (exact) mass is 460 g/mol. The van der Waals surface area contributed by atoms with Gasteiger partial charge in [0.05, 0.1) is 5.56 Å². The minimum atomic E-state index is -4.61. The van der Waals surface area contributed by atoms with Crippen molar-refractivity contribution in [3.8, 4) is 11.8 Å². The molecule has 0 bridgehead atoms. The molecule has 0 spiro atoms. The minimum absolute atomic E-state index is 0.126. The van der Waals surface area contributed by atoms with Crippen LogP contribution in [0.1, 0.15) is 21.7 Å². The van der Waals surface area contributed by atoms with E-state index in [1.165, 1.54) is 0 Å². The van der Waals surface area contributed by atoms with Gasteiger partial charge in [-0.1, -0.05) is 5.92 Å². The van der Waals surface area contributed by atoms with E-state index in [1.807, 2.05) is 5.32 Å². The van der Waals surface area contributed by atoms with Crippen molar-refractivity contribution in [3.05, 3.63) is 47.5 Å². The molecule has 12 nitrogen and oxygen atoms in total. The average Bonchev–Trinajstić information content (AvgIpc) is 3.28. The largest absolute Gasteiger partial charge is 0.416 e. The summed E-state index contributed by atoms with van der Waals surface area (Å²) >= 11 is 0. The van der Waals surface area contributed by atoms with Crippen molar-refractivity contribution in [1.82, 2.24) is 20.5 Å². The molecule has 0 aliphatic carbocycles. The number of halogens is 3. The van der Waals surface area contributed by atoms with Crippen LogP contribution in [-0.2, 0) is 10.9 Å². The Balaban J connectivity index is 1.83. The molecule has 0 saturated carbocycles. The van der Waals surface area contributed by atoms with Gasteiger partial charge in [-0.25, -0.2) is 4.98 Å². The number of hydrogen-bond donors (Lipinski definition) is 8. The number of aromatic amines is 1. The lowest BCUT2D eigenvalue weighted by Gasteiger charge is -2.34. The molecule has 1 aliphatic heterocycles. The molecular weight excluding hydrogens is 445 g/mol. The van der Waals surface area contributed by atoms with Crippen molar-refractivity contribution in [3.63, 3.8) is 0 Å². The minimum Gasteiger partial charge on any atom is -0.359 e. The van der Waals surface area contributed by atoms with Gasteiger partial charge in [-0.15, -0.1) is 0 Å². The topological polar surface area (TPSA) is 201 Å². The van der Waals surface area contributed by atoms with Gasteiger partial charge in [0.2, 0.25) is 5.82 Å². The van der Waals surface area contributed by atoms with Crippen LogP contribution >= 0.6 is 0 Å². The lowest BCUT2D eigenvalue weighted by atomic mass is 9.96. The lowest BCUT2D eigenvalue weighted by molar-refractivity contribution is -0.366. The molecule has 172 valence electrons. The van der Waals surface area contributed by atoms with E-state index in [1.54, 1.807) is 5.92 Å². The number of nitrogens with zero attached hydrogens (tertiary/aromatic N) is 2. The number of amides is 1. The Morgan fingerprint density at radius 1 is 1.12 bits per heavy atom. The third-order valence-corrected chi connectivity index (χ3v) is 4.41. The van der Waals surface area contributed by atoms with Crippen molar-refractivity contribution >= 4 is 5.91 Å². The van der Waals surface area contributed by atoms with Crippen molar-refractivity contribution in [2.75, 3.05) is 0 Å². The highest BCUT2D eigenvalue weighted by atomic mass is 19.4. The summed E-state index contributed by atoms with van der Waals surface area (Å²) in [4.78, 5) is 15.5. The summed E-state index contributed by atoms with van der Waals surface area (Å²) in [6.45, 7) is 0. The first kappa shape index (κ1) is 23.6. The summed E-state index contributed by atoms with van der Waals surface area (Å²) in [6.07, 6.45) is -8.62. The van der Waals surface area contributed by atoms with Crippen LogP contribution in [0.15, 0.2) is 30.6 Å². The fourth-order valence-electron chi connectivity index (χ4n) is 2.70. The molecule has 1 fully saturated rings. The predicted octanol–water partition coefficient (Wildman–Crippen LogP) is -2.63. The van der Waals surface area contributed by atoms with Crippen LogP contribution in [0.3, 0.4) is 0 Å². The number of aliphatic hydroxyl groups is 6. The molecule has 0 unspecified atom stereocenters. The molecule has 1 amide bonds. The highest BCUT2D eigenvalue weighted by Crippen LogP contribution is 2.39. The van der Waals surface area contributed by atoms with E-state index in [-0.39, 0.29) is 5.56 Å². The van der Waals surface area contributed by atoms with Gasteiger partial charge >= 0.3 is 6.18 Å². The smallest absolute Gasteiger partial charge is 0.359 e. The second-order valence-electron chi connectivity index (χ2n) is 6.71. The number of nitrogens with one attached hydrogen (secondary N) is 2. The zero-order chi connectivity index (χ0) is 23.9. The zero-order valence-electron chi connectivity index (χ0n) is 15.6. The molecule has 2 heterocycles. The quantitative estimate of drug-likeness (QED) is 0.177. The number of aromatic nitrogens is 3. The summed E-state index contributed by atoms with van der Waals surface area (Å²) < 4.78 is 42.6. The Kier molecular flexibility index (Phi) is 5.74. The number of carbonyl (C=O) groups is 1. The molecule has 3 rings (SSSR count). The van der Waals surface area contributed by atoms with Gasteiger partial charge in [-0.05, 0) is 30.2 Å². The SMILES string of the molecule is O=C(N[C@@H]1O[C@H](C(O)(O)C#Cc2ccc(C(F)(F)F)cc2)C(O)(O)C1(O)O)c1ncn[nH]1. The fourth-order valence-corrected chi connectivity index (χ4v) is 2.70. The maximum Gasteiger partial charge on any atom is 0.416 e. The van der Waals surface area contributed by atoms with Crippen molar-refractivity contribution in [2.45, 2.75) is 35.9 Å². The second kappa shape index (κ2) is 7.79. The Hall–Kier alpha value is -3.10. The van der Waals surface area contributed by atoms with Crippen LogP contribution in [0.4, 0.5) is 13.2 Å². The number of carbonyl (C=O) groups excluding carboxylic acids is 1. The first-order chi connectivity index (χ1) is 14.7. The number of hydrogen-bond acceptors (Lipinski definition) is 10. The van der Waals surface area contributed by atoms with Crippen molar-refractivity contribution < 1.29 is 53.3 Å². The maximum absolute atomic E-state index is 12.6. The van der Waals surface area contributed by atoms with E-state index in [0.29, 0.717) is 12.1 Å². The van der Waals surface area contributed by atoms with Gasteiger partial charge in [-0.3, -0.25) is 9.89 Å². The van der Waals surface area contributed by atoms with E-state index in [4.69, 9.17) is 4.74 Å². The Morgan fingerprint density at radius 3 is 2.28 bits per heavy atom. The predicted molar refractivity (Wildman–Crippen MR) is 92.3 cm³/mol. The van der Waals surface area contributed by atoms with Gasteiger partial charge < -0.3 is 40.7 Å². The number of benzene rings is 1. The summed E-state index contributed by atoms with van der Waals surface area (Å²) in [5.41, 5.74) is -1.11. The standard InChI is InChI=1S/C17H15F3N4O8/c18-17(19,20)9-3-1-8(2-4-9)5-6-14(26,27)12-15(28,29)16(30,31)13(32-12)23-11(25)10-21-7-22-24-10/h1-4,7,12-13,26-31H,(H,23,25)(H,21,22,24)/t12-,13-/m1/s1. The van der Waals surface area contributed by atoms with E-state index in [2.05, 4.69) is 21.1 Å². The van der Waals surface area contributed by atoms with Crippen LogP contribution in [0.2, 0.25) is 0 Å². The normalized spacial score (nSPS) is 22.2. The van der Waals surface area contributed by atoms with Crippen LogP contribution < -0.4 is 5.32 Å². The van der Waals surface area contributed by atoms with Gasteiger partial charge in [0.25, 0.3) is 23.3 Å². The summed E-state index contributed by atoms with van der Waals surface area (Å²) in [6, 6.07) is 3.18. The van der Waals surface area contributed by atoms with Gasteiger partial charge in [0, 0.05) is 5.56 Å². The van der Waals surface area contributed by atoms with Crippen molar-refractivity contribution in [1.29, 1.82) is 0 Å². The highest BCUT2D eigenvalue weighted by Gasteiger charge is 2.71. The molecule has 1 saturated heterocycles. The van der Waals surface area contributed by atoms with E-state index < -0.39 is 53.2 Å². The molecule has 1 aliphatic rings. The average molecular weight is 460 g/mol. The highest BCUT2D eigenvalue weighted by molar-refractivity contribution is 5.90. The zero-order valence-corrected chi connectivity index (χ0v) is 15.6. The van der Waals surface area contributed by atoms with Crippen LogP contribution in [-0.4, -0.2) is 81.4 Å². The third-order valence-electron chi connectivity index (χ3n) is 4.41. The van der Waals surface area contributed by atoms with Crippen molar-refractivity contribution in [2.24, 2.45) is 0 Å². The Morgan fingerprint density at radius 2 is 1.75 bits per heavy atom.